The molecule has 3 aromatic rings. The quantitative estimate of drug-likeness (QED) is 0.590. The number of aryl methyl sites for hydroxylation is 1. The molecule has 1 aromatic heterocycles. The third-order valence-electron chi connectivity index (χ3n) is 4.34. The average molecular weight is 416 g/mol. The van der Waals surface area contributed by atoms with Gasteiger partial charge in [0.05, 0.1) is 16.0 Å². The molecule has 1 aliphatic rings. The first-order valence-corrected chi connectivity index (χ1v) is 10.1. The van der Waals surface area contributed by atoms with Crippen LogP contribution in [0.5, 0.6) is 5.75 Å². The number of benzene rings is 2. The average Bonchev–Trinajstić information content (AvgIpc) is 3.28. The standard InChI is InChI=1S/C20H18ClN3O3S/c1-13-5-4-6-14(11-13)26-12-18-22-23-20(27-18)28-17-9-10-24(19(17)25)16-8-3-2-7-15(16)21/h2-8,11,17H,9-10,12H2,1H3. The van der Waals surface area contributed by atoms with Gasteiger partial charge in [-0.1, -0.05) is 47.6 Å². The van der Waals surface area contributed by atoms with E-state index in [2.05, 4.69) is 10.2 Å². The molecule has 1 saturated heterocycles. The highest BCUT2D eigenvalue weighted by molar-refractivity contribution is 8.00. The maximum atomic E-state index is 12.7. The van der Waals surface area contributed by atoms with Crippen molar-refractivity contribution in [3.63, 3.8) is 0 Å². The molecule has 2 aromatic carbocycles. The number of nitrogens with zero attached hydrogens (tertiary/aromatic N) is 3. The molecule has 28 heavy (non-hydrogen) atoms. The van der Waals surface area contributed by atoms with Gasteiger partial charge >= 0.3 is 0 Å². The number of hydrogen-bond donors (Lipinski definition) is 0. The second-order valence-electron chi connectivity index (χ2n) is 6.40. The predicted octanol–water partition coefficient (Wildman–Crippen LogP) is 4.51. The van der Waals surface area contributed by atoms with Crippen LogP contribution in [0.3, 0.4) is 0 Å². The van der Waals surface area contributed by atoms with Crippen LogP contribution in [-0.2, 0) is 11.4 Å². The number of hydrogen-bond acceptors (Lipinski definition) is 6. The Kier molecular flexibility index (Phi) is 5.54. The number of anilines is 1. The summed E-state index contributed by atoms with van der Waals surface area (Å²) < 4.78 is 11.3. The number of halogens is 1. The van der Waals surface area contributed by atoms with Crippen LogP contribution in [-0.4, -0.2) is 27.9 Å². The molecule has 0 radical (unpaired) electrons. The van der Waals surface area contributed by atoms with Gasteiger partial charge in [-0.3, -0.25) is 4.79 Å². The van der Waals surface area contributed by atoms with E-state index in [0.717, 1.165) is 17.0 Å². The molecule has 1 aliphatic heterocycles. The van der Waals surface area contributed by atoms with Gasteiger partial charge < -0.3 is 14.1 Å². The lowest BCUT2D eigenvalue weighted by molar-refractivity contribution is -0.116. The normalized spacial score (nSPS) is 16.6. The Balaban J connectivity index is 1.36. The smallest absolute Gasteiger partial charge is 0.277 e. The summed E-state index contributed by atoms with van der Waals surface area (Å²) in [4.78, 5) is 14.5. The van der Waals surface area contributed by atoms with Gasteiger partial charge in [-0.05, 0) is 43.2 Å². The second kappa shape index (κ2) is 8.24. The molecule has 4 rings (SSSR count). The number of carbonyl (C=O) groups excluding carboxylic acids is 1. The van der Waals surface area contributed by atoms with Crippen LogP contribution in [0.4, 0.5) is 5.69 Å². The summed E-state index contributed by atoms with van der Waals surface area (Å²) in [6.07, 6.45) is 0.687. The van der Waals surface area contributed by atoms with Crippen LogP contribution in [0, 0.1) is 6.92 Å². The van der Waals surface area contributed by atoms with Crippen molar-refractivity contribution in [2.75, 3.05) is 11.4 Å². The Morgan fingerprint density at radius 2 is 2.11 bits per heavy atom. The minimum absolute atomic E-state index is 0.00568. The van der Waals surface area contributed by atoms with E-state index in [1.807, 2.05) is 49.4 Å². The molecule has 1 unspecified atom stereocenters. The van der Waals surface area contributed by atoms with Crippen LogP contribution in [0.15, 0.2) is 58.2 Å². The predicted molar refractivity (Wildman–Crippen MR) is 108 cm³/mol. The third kappa shape index (κ3) is 4.15. The van der Waals surface area contributed by atoms with Crippen molar-refractivity contribution in [1.29, 1.82) is 0 Å². The van der Waals surface area contributed by atoms with Gasteiger partial charge in [-0.15, -0.1) is 10.2 Å². The monoisotopic (exact) mass is 415 g/mol. The van der Waals surface area contributed by atoms with E-state index in [4.69, 9.17) is 20.8 Å². The van der Waals surface area contributed by atoms with Crippen molar-refractivity contribution in [2.45, 2.75) is 30.4 Å². The van der Waals surface area contributed by atoms with Crippen molar-refractivity contribution < 1.29 is 13.9 Å². The molecule has 0 saturated carbocycles. The molecule has 144 valence electrons. The maximum Gasteiger partial charge on any atom is 0.277 e. The highest BCUT2D eigenvalue weighted by Gasteiger charge is 2.35. The fourth-order valence-corrected chi connectivity index (χ4v) is 4.15. The minimum Gasteiger partial charge on any atom is -0.484 e. The summed E-state index contributed by atoms with van der Waals surface area (Å²) in [5.74, 6) is 1.11. The van der Waals surface area contributed by atoms with Crippen LogP contribution >= 0.6 is 23.4 Å². The first-order chi connectivity index (χ1) is 13.6. The molecule has 8 heteroatoms. The number of carbonyl (C=O) groups is 1. The zero-order chi connectivity index (χ0) is 19.5. The highest BCUT2D eigenvalue weighted by atomic mass is 35.5. The number of ether oxygens (including phenoxy) is 1. The van der Waals surface area contributed by atoms with Gasteiger partial charge in [0.2, 0.25) is 5.91 Å². The number of thioether (sulfide) groups is 1. The van der Waals surface area contributed by atoms with E-state index in [1.165, 1.54) is 11.8 Å². The van der Waals surface area contributed by atoms with Crippen molar-refractivity contribution in [3.8, 4) is 5.75 Å². The number of amides is 1. The fraction of sp³-hybridized carbons (Fsp3) is 0.250. The van der Waals surface area contributed by atoms with Crippen molar-refractivity contribution in [1.82, 2.24) is 10.2 Å². The Hall–Kier alpha value is -2.51. The lowest BCUT2D eigenvalue weighted by Gasteiger charge is -2.17. The van der Waals surface area contributed by atoms with E-state index < -0.39 is 0 Å². The van der Waals surface area contributed by atoms with Gasteiger partial charge in [0.25, 0.3) is 11.1 Å². The topological polar surface area (TPSA) is 68.5 Å². The Morgan fingerprint density at radius 1 is 1.25 bits per heavy atom. The van der Waals surface area contributed by atoms with E-state index in [-0.39, 0.29) is 17.8 Å². The largest absolute Gasteiger partial charge is 0.484 e. The number of aromatic nitrogens is 2. The number of rotatable bonds is 6. The van der Waals surface area contributed by atoms with Gasteiger partial charge in [-0.25, -0.2) is 0 Å². The Morgan fingerprint density at radius 3 is 2.93 bits per heavy atom. The molecule has 0 aliphatic carbocycles. The summed E-state index contributed by atoms with van der Waals surface area (Å²) in [6, 6.07) is 15.1. The van der Waals surface area contributed by atoms with Crippen LogP contribution in [0.25, 0.3) is 0 Å². The molecule has 1 atom stereocenters. The minimum atomic E-state index is -0.276. The zero-order valence-electron chi connectivity index (χ0n) is 15.2. The first kappa shape index (κ1) is 18.8. The van der Waals surface area contributed by atoms with Crippen LogP contribution in [0.2, 0.25) is 5.02 Å². The molecule has 0 N–H and O–H groups in total. The summed E-state index contributed by atoms with van der Waals surface area (Å²) in [5.41, 5.74) is 1.84. The molecule has 2 heterocycles. The first-order valence-electron chi connectivity index (χ1n) is 8.84. The highest BCUT2D eigenvalue weighted by Crippen LogP contribution is 2.35. The van der Waals surface area contributed by atoms with Crippen molar-refractivity contribution >= 4 is 35.0 Å². The summed E-state index contributed by atoms with van der Waals surface area (Å²) in [5, 5.41) is 8.68. The fourth-order valence-electron chi connectivity index (χ4n) is 2.99. The summed E-state index contributed by atoms with van der Waals surface area (Å²) in [7, 11) is 0. The molecule has 1 amide bonds. The van der Waals surface area contributed by atoms with Gasteiger partial charge in [0, 0.05) is 6.54 Å². The zero-order valence-corrected chi connectivity index (χ0v) is 16.7. The van der Waals surface area contributed by atoms with E-state index in [1.54, 1.807) is 11.0 Å². The molecule has 6 nitrogen and oxygen atoms in total. The van der Waals surface area contributed by atoms with Crippen molar-refractivity contribution in [2.24, 2.45) is 0 Å². The molecular weight excluding hydrogens is 398 g/mol. The lowest BCUT2D eigenvalue weighted by atomic mass is 10.2. The van der Waals surface area contributed by atoms with E-state index >= 15 is 0 Å². The van der Waals surface area contributed by atoms with Crippen LogP contribution < -0.4 is 9.64 Å². The second-order valence-corrected chi connectivity index (χ2v) is 7.96. The summed E-state index contributed by atoms with van der Waals surface area (Å²) in [6.45, 7) is 2.79. The molecule has 0 bridgehead atoms. The van der Waals surface area contributed by atoms with Crippen molar-refractivity contribution in [3.05, 3.63) is 65.0 Å². The summed E-state index contributed by atoms with van der Waals surface area (Å²) >= 11 is 7.50. The Bertz CT molecular complexity index is 994. The molecule has 0 spiro atoms. The van der Waals surface area contributed by atoms with Gasteiger partial charge in [0.1, 0.15) is 5.75 Å². The van der Waals surface area contributed by atoms with Gasteiger partial charge in [0.15, 0.2) is 6.61 Å². The van der Waals surface area contributed by atoms with E-state index in [0.29, 0.717) is 29.1 Å². The van der Waals surface area contributed by atoms with Gasteiger partial charge in [-0.2, -0.15) is 0 Å². The maximum absolute atomic E-state index is 12.7. The number of para-hydroxylation sites is 1. The molecular formula is C20H18ClN3O3S. The lowest BCUT2D eigenvalue weighted by Crippen LogP contribution is -2.28. The molecule has 1 fully saturated rings. The SMILES string of the molecule is Cc1cccc(OCc2nnc(SC3CCN(c4ccccc4Cl)C3=O)o2)c1. The van der Waals surface area contributed by atoms with E-state index in [9.17, 15) is 4.79 Å². The van der Waals surface area contributed by atoms with Crippen LogP contribution in [0.1, 0.15) is 17.9 Å². The Labute approximate surface area is 171 Å². The third-order valence-corrected chi connectivity index (χ3v) is 5.75.